The van der Waals surface area contributed by atoms with E-state index in [-0.39, 0.29) is 11.5 Å². The van der Waals surface area contributed by atoms with Crippen molar-refractivity contribution in [1.82, 2.24) is 4.57 Å². The zero-order chi connectivity index (χ0) is 24.6. The van der Waals surface area contributed by atoms with E-state index in [0.717, 1.165) is 30.5 Å². The molecule has 36 heavy (non-hydrogen) atoms. The zero-order valence-corrected chi connectivity index (χ0v) is 19.5. The lowest BCUT2D eigenvalue weighted by Gasteiger charge is -2.18. The third-order valence-corrected chi connectivity index (χ3v) is 7.02. The molecule has 0 radical (unpaired) electrons. The van der Waals surface area contributed by atoms with Gasteiger partial charge in [-0.2, -0.15) is 0 Å². The monoisotopic (exact) mass is 463 g/mol. The van der Waals surface area contributed by atoms with Gasteiger partial charge in [0.1, 0.15) is 0 Å². The summed E-state index contributed by atoms with van der Waals surface area (Å²) in [5, 5.41) is 10.8. The summed E-state index contributed by atoms with van der Waals surface area (Å²) in [5.41, 5.74) is 7.98. The Morgan fingerprint density at radius 2 is 1.78 bits per heavy atom. The van der Waals surface area contributed by atoms with Crippen molar-refractivity contribution in [3.8, 4) is 17.3 Å². The Balaban J connectivity index is 1.54. The standard InChI is InChI=1S/C32H21N3O/c1-34-28(20-33)29-23-14-5-6-15-26(23)32(36)27(29)18-8-17-25-24-16-7-12-22-13-9-19-35(31(22)24)30(25)21-10-3-2-4-11-21/h2-8,10-12,14-18H,9,13,19H2/b17-8+,27-18-,29-28-. The molecule has 1 aromatic heterocycles. The lowest BCUT2D eigenvalue weighted by atomic mass is 10.0. The maximum atomic E-state index is 13.2. The molecule has 2 heterocycles. The number of hydrogen-bond acceptors (Lipinski definition) is 2. The fraction of sp³-hybridized carbons (Fsp3) is 0.0938. The second kappa shape index (κ2) is 8.69. The highest BCUT2D eigenvalue weighted by Gasteiger charge is 2.31. The van der Waals surface area contributed by atoms with Crippen molar-refractivity contribution >= 4 is 28.3 Å². The maximum absolute atomic E-state index is 13.2. The third kappa shape index (κ3) is 3.24. The highest BCUT2D eigenvalue weighted by molar-refractivity contribution is 6.27. The molecule has 0 amide bonds. The molecule has 1 aliphatic carbocycles. The van der Waals surface area contributed by atoms with Gasteiger partial charge in [0.2, 0.25) is 0 Å². The van der Waals surface area contributed by atoms with Gasteiger partial charge < -0.3 is 4.57 Å². The number of aromatic nitrogens is 1. The number of allylic oxidation sites excluding steroid dienone is 5. The minimum atomic E-state index is -0.160. The van der Waals surface area contributed by atoms with Gasteiger partial charge in [0, 0.05) is 34.2 Å². The number of benzene rings is 3. The van der Waals surface area contributed by atoms with Crippen molar-refractivity contribution in [1.29, 1.82) is 5.26 Å². The Labute approximate surface area is 209 Å². The number of aryl methyl sites for hydroxylation is 2. The van der Waals surface area contributed by atoms with Crippen LogP contribution in [0.3, 0.4) is 0 Å². The summed E-state index contributed by atoms with van der Waals surface area (Å²) in [7, 11) is 0. The molecule has 0 atom stereocenters. The Morgan fingerprint density at radius 1 is 1.00 bits per heavy atom. The van der Waals surface area contributed by atoms with Gasteiger partial charge in [-0.05, 0) is 29.5 Å². The van der Waals surface area contributed by atoms with E-state index in [0.29, 0.717) is 22.3 Å². The van der Waals surface area contributed by atoms with E-state index in [2.05, 4.69) is 58.0 Å². The number of hydrogen-bond donors (Lipinski definition) is 0. The Bertz CT molecular complexity index is 1720. The number of fused-ring (bicyclic) bond motifs is 1. The number of nitriles is 1. The second-order valence-electron chi connectivity index (χ2n) is 8.96. The van der Waals surface area contributed by atoms with Crippen molar-refractivity contribution in [3.05, 3.63) is 130 Å². The van der Waals surface area contributed by atoms with Crippen LogP contribution in [0.5, 0.6) is 0 Å². The molecular formula is C32H21N3O. The second-order valence-corrected chi connectivity index (χ2v) is 8.96. The van der Waals surface area contributed by atoms with Crippen LogP contribution in [0, 0.1) is 17.9 Å². The van der Waals surface area contributed by atoms with E-state index >= 15 is 0 Å². The molecule has 2 aliphatic rings. The van der Waals surface area contributed by atoms with E-state index in [1.807, 2.05) is 24.3 Å². The van der Waals surface area contributed by atoms with E-state index in [1.165, 1.54) is 22.2 Å². The molecule has 4 nitrogen and oxygen atoms in total. The number of nitrogens with zero attached hydrogens (tertiary/aromatic N) is 3. The summed E-state index contributed by atoms with van der Waals surface area (Å²) >= 11 is 0. The van der Waals surface area contributed by atoms with Crippen LogP contribution in [-0.2, 0) is 13.0 Å². The molecule has 0 N–H and O–H groups in total. The quantitative estimate of drug-likeness (QED) is 0.183. The van der Waals surface area contributed by atoms with Crippen molar-refractivity contribution in [2.75, 3.05) is 0 Å². The van der Waals surface area contributed by atoms with Gasteiger partial charge in [-0.1, -0.05) is 91.0 Å². The summed E-state index contributed by atoms with van der Waals surface area (Å²) in [6.45, 7) is 8.44. The average molecular weight is 464 g/mol. The van der Waals surface area contributed by atoms with Gasteiger partial charge in [0.15, 0.2) is 5.78 Å². The molecule has 0 saturated carbocycles. The topological polar surface area (TPSA) is 50.1 Å². The summed E-state index contributed by atoms with van der Waals surface area (Å²) in [4.78, 5) is 16.6. The predicted octanol–water partition coefficient (Wildman–Crippen LogP) is 7.24. The molecule has 6 rings (SSSR count). The van der Waals surface area contributed by atoms with Gasteiger partial charge in [-0.15, -0.1) is 0 Å². The molecule has 0 bridgehead atoms. The van der Waals surface area contributed by atoms with Crippen LogP contribution in [0.4, 0.5) is 0 Å². The number of Topliss-reactive ketones (excluding diaryl/α,β-unsaturated/α-hetero) is 1. The van der Waals surface area contributed by atoms with Crippen LogP contribution in [0.2, 0.25) is 0 Å². The normalized spacial score (nSPS) is 16.8. The van der Waals surface area contributed by atoms with Crippen LogP contribution < -0.4 is 0 Å². The highest BCUT2D eigenvalue weighted by atomic mass is 16.1. The minimum absolute atomic E-state index is 0.0648. The fourth-order valence-corrected chi connectivity index (χ4v) is 5.54. The van der Waals surface area contributed by atoms with Gasteiger partial charge in [-0.25, -0.2) is 10.1 Å². The highest BCUT2D eigenvalue weighted by Crippen LogP contribution is 2.41. The molecule has 0 unspecified atom stereocenters. The molecule has 1 aliphatic heterocycles. The van der Waals surface area contributed by atoms with Gasteiger partial charge in [0.05, 0.1) is 23.9 Å². The van der Waals surface area contributed by atoms with Gasteiger partial charge in [-0.3, -0.25) is 4.79 Å². The lowest BCUT2D eigenvalue weighted by molar-refractivity contribution is 0.104. The smallest absolute Gasteiger partial charge is 0.270 e. The Kier molecular flexibility index (Phi) is 5.21. The predicted molar refractivity (Wildman–Crippen MR) is 143 cm³/mol. The fourth-order valence-electron chi connectivity index (χ4n) is 5.54. The molecular weight excluding hydrogens is 442 g/mol. The van der Waals surface area contributed by atoms with E-state index in [1.54, 1.807) is 24.3 Å². The number of carbonyl (C=O) groups excluding carboxylic acids is 1. The number of ketones is 1. The first-order valence-electron chi connectivity index (χ1n) is 12.0. The molecule has 4 aromatic rings. The SMILES string of the molecule is [C-]#[N+]\C(C#N)=C1/C(=C/C=C/c2c(-c3ccccc3)n3c4c(cccc24)CCC3)C(=O)c2ccccc21. The molecule has 0 spiro atoms. The van der Waals surface area contributed by atoms with Crippen molar-refractivity contribution in [3.63, 3.8) is 0 Å². The zero-order valence-electron chi connectivity index (χ0n) is 19.5. The van der Waals surface area contributed by atoms with Gasteiger partial charge >= 0.3 is 0 Å². The third-order valence-electron chi connectivity index (χ3n) is 7.02. The summed E-state index contributed by atoms with van der Waals surface area (Å²) < 4.78 is 2.42. The Hall–Kier alpha value is -4.93. The first-order chi connectivity index (χ1) is 17.7. The number of rotatable bonds is 3. The summed E-state index contributed by atoms with van der Waals surface area (Å²) in [6.07, 6.45) is 7.86. The summed E-state index contributed by atoms with van der Waals surface area (Å²) in [5.74, 6) is -0.160. The van der Waals surface area contributed by atoms with Crippen LogP contribution in [0.1, 0.15) is 33.5 Å². The lowest BCUT2D eigenvalue weighted by Crippen LogP contribution is -2.08. The minimum Gasteiger partial charge on any atom is -0.340 e. The first kappa shape index (κ1) is 21.6. The van der Waals surface area contributed by atoms with Crippen LogP contribution in [-0.4, -0.2) is 10.4 Å². The van der Waals surface area contributed by atoms with Crippen molar-refractivity contribution in [2.45, 2.75) is 19.4 Å². The van der Waals surface area contributed by atoms with E-state index in [9.17, 15) is 10.1 Å². The largest absolute Gasteiger partial charge is 0.340 e. The van der Waals surface area contributed by atoms with Crippen molar-refractivity contribution < 1.29 is 4.79 Å². The number of carbonyl (C=O) groups is 1. The molecule has 4 heteroatoms. The van der Waals surface area contributed by atoms with Crippen LogP contribution in [0.25, 0.3) is 38.7 Å². The molecule has 170 valence electrons. The maximum Gasteiger partial charge on any atom is 0.270 e. The van der Waals surface area contributed by atoms with Crippen molar-refractivity contribution in [2.24, 2.45) is 0 Å². The molecule has 0 saturated heterocycles. The molecule has 3 aromatic carbocycles. The number of para-hydroxylation sites is 1. The van der Waals surface area contributed by atoms with Crippen LogP contribution >= 0.6 is 0 Å². The summed E-state index contributed by atoms with van der Waals surface area (Å²) in [6, 6.07) is 26.0. The Morgan fingerprint density at radius 3 is 2.56 bits per heavy atom. The van der Waals surface area contributed by atoms with E-state index < -0.39 is 0 Å². The first-order valence-corrected chi connectivity index (χ1v) is 12.0. The van der Waals surface area contributed by atoms with Gasteiger partial charge in [0.25, 0.3) is 5.70 Å². The van der Waals surface area contributed by atoms with E-state index in [4.69, 9.17) is 6.57 Å². The average Bonchev–Trinajstić information content (AvgIpc) is 3.39. The van der Waals surface area contributed by atoms with Crippen LogP contribution in [0.15, 0.2) is 96.2 Å². The molecule has 0 fully saturated rings.